The monoisotopic (exact) mass is 1290 g/mol. The number of isocyanates is 1. The summed E-state index contributed by atoms with van der Waals surface area (Å²) in [6.07, 6.45) is -11.3. The van der Waals surface area contributed by atoms with Gasteiger partial charge < -0.3 is 5.32 Å². The first-order valence-corrected chi connectivity index (χ1v) is 18.3. The molecule has 4 nitrogen and oxygen atoms in total. The van der Waals surface area contributed by atoms with Crippen LogP contribution in [0.3, 0.4) is 0 Å². The Morgan fingerprint density at radius 2 is 0.600 bits per heavy atom. The summed E-state index contributed by atoms with van der Waals surface area (Å²) in [6, 6.07) is -0.738. The van der Waals surface area contributed by atoms with Crippen LogP contribution in [0.1, 0.15) is 29.3 Å². The summed E-state index contributed by atoms with van der Waals surface area (Å²) in [6.45, 7) is 0.985. The Hall–Kier alpha value is -4.94. The third-order valence-electron chi connectivity index (χ3n) is 10.4. The zero-order valence-corrected chi connectivity index (χ0v) is 36.0. The summed E-state index contributed by atoms with van der Waals surface area (Å²) in [5.74, 6) is -203. The van der Waals surface area contributed by atoms with Crippen LogP contribution in [-0.4, -0.2) is 143 Å². The third-order valence-corrected chi connectivity index (χ3v) is 10.4. The molecule has 0 saturated carbocycles. The Morgan fingerprint density at radius 3 is 0.812 bits per heavy atom. The van der Waals surface area contributed by atoms with Gasteiger partial charge in [0.2, 0.25) is 6.08 Å². The highest BCUT2D eigenvalue weighted by Gasteiger charge is 3.03. The molecule has 0 spiro atoms. The fourth-order valence-corrected chi connectivity index (χ4v) is 5.60. The molecule has 0 aliphatic rings. The minimum absolute atomic E-state index is 0.0723. The summed E-state index contributed by atoms with van der Waals surface area (Å²) >= 11 is 0. The van der Waals surface area contributed by atoms with Crippen molar-refractivity contribution in [2.24, 2.45) is 4.99 Å². The number of carbonyl (C=O) groups excluding carboxylic acids is 2. The molecule has 0 aliphatic heterocycles. The van der Waals surface area contributed by atoms with Crippen LogP contribution in [-0.2, 0) is 4.79 Å². The average Bonchev–Trinajstić information content (AvgIpc) is 3.24. The van der Waals surface area contributed by atoms with Crippen molar-refractivity contribution in [1.82, 2.24) is 5.32 Å². The van der Waals surface area contributed by atoms with Gasteiger partial charge in [0, 0.05) is 12.5 Å². The lowest BCUT2D eigenvalue weighted by Crippen LogP contribution is -2.80. The highest BCUT2D eigenvalue weighted by Crippen LogP contribution is 2.72. The molecule has 0 aromatic heterocycles. The zero-order valence-electron chi connectivity index (χ0n) is 36.0. The molecule has 0 bridgehead atoms. The van der Waals surface area contributed by atoms with Gasteiger partial charge in [-0.05, 0) is 26.0 Å². The number of aryl methyl sites for hydroxylation is 1. The number of alkyl halides is 43. The first kappa shape index (κ1) is 73.1. The van der Waals surface area contributed by atoms with Gasteiger partial charge in [-0.2, -0.15) is 194 Å². The van der Waals surface area contributed by atoms with Gasteiger partial charge in [-0.3, -0.25) is 4.79 Å². The van der Waals surface area contributed by atoms with Crippen LogP contribution in [0.15, 0.2) is 23.2 Å². The van der Waals surface area contributed by atoms with Crippen LogP contribution in [0.4, 0.5) is 194 Å². The molecule has 1 aromatic carbocycles. The third kappa shape index (κ3) is 9.11. The fourth-order valence-electron chi connectivity index (χ4n) is 5.60. The van der Waals surface area contributed by atoms with Crippen LogP contribution in [0.5, 0.6) is 0 Å². The molecule has 1 atom stereocenters. The van der Waals surface area contributed by atoms with Crippen molar-refractivity contribution < 1.29 is 198 Å². The molecular weight excluding hydrogens is 1270 g/mol. The summed E-state index contributed by atoms with van der Waals surface area (Å²) in [5.41, 5.74) is -1.93. The van der Waals surface area contributed by atoms with E-state index < -0.39 is 154 Å². The number of rotatable bonds is 24. The van der Waals surface area contributed by atoms with E-state index in [0.717, 1.165) is 24.4 Å². The normalized spacial score (nSPS) is 16.6. The fraction of sp³-hybridized carbons (Fsp3) is 0.758. The van der Waals surface area contributed by atoms with Crippen molar-refractivity contribution in [2.75, 3.05) is 0 Å². The van der Waals surface area contributed by atoms with E-state index in [1.807, 2.05) is 0 Å². The number of halogens is 43. The second-order valence-electron chi connectivity index (χ2n) is 15.9. The van der Waals surface area contributed by atoms with Gasteiger partial charge in [-0.15, -0.1) is 0 Å². The quantitative estimate of drug-likeness (QED) is 0.0637. The molecule has 80 heavy (non-hydrogen) atoms. The molecule has 0 aliphatic carbocycles. The van der Waals surface area contributed by atoms with Crippen LogP contribution in [0.25, 0.3) is 0 Å². The summed E-state index contributed by atoms with van der Waals surface area (Å²) in [4.78, 5) is 25.8. The summed E-state index contributed by atoms with van der Waals surface area (Å²) < 4.78 is 601. The predicted octanol–water partition coefficient (Wildman–Crippen LogP) is 15.7. The smallest absolute Gasteiger partial charge is 0.349 e. The van der Waals surface area contributed by atoms with E-state index in [-0.39, 0.29) is 12.5 Å². The van der Waals surface area contributed by atoms with Gasteiger partial charge in [0.1, 0.15) is 0 Å². The minimum atomic E-state index is -10.7. The van der Waals surface area contributed by atoms with Crippen molar-refractivity contribution in [3.63, 3.8) is 0 Å². The summed E-state index contributed by atoms with van der Waals surface area (Å²) in [5, 5.41) is 1.10. The largest absolute Gasteiger partial charge is 0.460 e. The second kappa shape index (κ2) is 19.3. The number of benzene rings is 1. The van der Waals surface area contributed by atoms with E-state index in [4.69, 9.17) is 0 Å². The van der Waals surface area contributed by atoms with Crippen molar-refractivity contribution in [3.05, 3.63) is 29.3 Å². The number of hydrogen-bond donors (Lipinski definition) is 1. The molecule has 1 rings (SSSR count). The van der Waals surface area contributed by atoms with E-state index in [0.29, 0.717) is 12.1 Å². The maximum atomic E-state index is 14.6. The number of hydrogen-bond acceptors (Lipinski definition) is 3. The topological polar surface area (TPSA) is 58.5 Å². The second-order valence-corrected chi connectivity index (χ2v) is 15.9. The lowest BCUT2D eigenvalue weighted by molar-refractivity contribution is -0.496. The molecule has 1 amide bonds. The molecule has 0 radical (unpaired) electrons. The van der Waals surface area contributed by atoms with E-state index >= 15 is 0 Å². The molecule has 1 unspecified atom stereocenters. The first-order chi connectivity index (χ1) is 34.2. The van der Waals surface area contributed by atoms with Crippen molar-refractivity contribution in [3.8, 4) is 0 Å². The zero-order chi connectivity index (χ0) is 65.3. The number of nitrogens with one attached hydrogen (secondary N) is 1. The maximum Gasteiger partial charge on any atom is 0.460 e. The molecule has 47 heteroatoms. The Balaban J connectivity index is 4.05. The molecule has 0 heterocycles. The lowest BCUT2D eigenvalue weighted by atomic mass is 9.81. The number of aliphatic imine (C=N–C) groups is 1. The van der Waals surface area contributed by atoms with Crippen molar-refractivity contribution >= 4 is 17.7 Å². The SMILES string of the molecule is Cc1ccc(N=C=O)c(C(=O)NC(C)CC(F)(F)C(F)(F)C(F)(F)C(F)(F)C(F)(F)C(F)(F)C(F)(F)C(F)(F)C(F)(F)C(F)(F)C(F)(F)C(F)(F)C(F)(F)C(F)(F)C(F)(F)C(F)(F)C(F)(F)C(F)(F)C(F)(F)C(F)(F)C(F)(F)F)c1. The Kier molecular flexibility index (Phi) is 17.6. The summed E-state index contributed by atoms with van der Waals surface area (Å²) in [7, 11) is 0. The Labute approximate surface area is 407 Å². The molecule has 0 fully saturated rings. The van der Waals surface area contributed by atoms with E-state index in [2.05, 4.69) is 4.99 Å². The van der Waals surface area contributed by atoms with Gasteiger partial charge in [-0.1, -0.05) is 11.6 Å². The number of amides is 1. The highest BCUT2D eigenvalue weighted by atomic mass is 19.4. The number of carbonyl (C=O) groups is 1. The lowest BCUT2D eigenvalue weighted by Gasteiger charge is -2.47. The molecule has 468 valence electrons. The van der Waals surface area contributed by atoms with Gasteiger partial charge >= 0.3 is 125 Å². The molecule has 1 aromatic rings. The Bertz CT molecular complexity index is 2500. The highest BCUT2D eigenvalue weighted by molar-refractivity contribution is 5.99. The van der Waals surface area contributed by atoms with Crippen molar-refractivity contribution in [1.29, 1.82) is 0 Å². The molecular formula is C33H13F43N2O2. The average molecular weight is 1290 g/mol. The van der Waals surface area contributed by atoms with Gasteiger partial charge in [0.15, 0.2) is 0 Å². The van der Waals surface area contributed by atoms with Crippen LogP contribution < -0.4 is 5.32 Å². The van der Waals surface area contributed by atoms with Crippen LogP contribution >= 0.6 is 0 Å². The van der Waals surface area contributed by atoms with E-state index in [1.54, 1.807) is 0 Å². The first-order valence-electron chi connectivity index (χ1n) is 18.3. The van der Waals surface area contributed by atoms with Crippen LogP contribution in [0.2, 0.25) is 0 Å². The number of nitrogens with zero attached hydrogens (tertiary/aromatic N) is 1. The predicted molar refractivity (Wildman–Crippen MR) is 166 cm³/mol. The van der Waals surface area contributed by atoms with E-state index in [9.17, 15) is 198 Å². The standard InChI is InChI=1S/C33H13F43N2O2/c1-8-3-4-11(77-7-79)10(5-8)12(80)78-9(2)6-13(34,35)14(36,37)15(38,39)16(40,41)17(42,43)18(44,45)19(46,47)20(48,49)21(50,51)22(52,53)23(54,55)24(56,57)25(58,59)26(60,61)27(62,63)28(64,65)29(66,67)30(68,69)31(70,71)32(72,73)33(74,75)76/h3-5,9H,6H2,1-2H3,(H,78,80). The molecule has 0 saturated heterocycles. The maximum absolute atomic E-state index is 14.6. The minimum Gasteiger partial charge on any atom is -0.349 e. The van der Waals surface area contributed by atoms with Crippen molar-refractivity contribution in [2.45, 2.75) is 151 Å². The van der Waals surface area contributed by atoms with Gasteiger partial charge in [0.05, 0.1) is 11.3 Å². The van der Waals surface area contributed by atoms with Gasteiger partial charge in [-0.25, -0.2) is 4.79 Å². The Morgan fingerprint density at radius 1 is 0.388 bits per heavy atom. The van der Waals surface area contributed by atoms with Gasteiger partial charge in [0.25, 0.3) is 5.91 Å². The van der Waals surface area contributed by atoms with Crippen LogP contribution in [0, 0.1) is 6.92 Å². The van der Waals surface area contributed by atoms with E-state index in [1.165, 1.54) is 0 Å². The molecule has 1 N–H and O–H groups in total.